The summed E-state index contributed by atoms with van der Waals surface area (Å²) in [5.74, 6) is 2.07. The maximum atomic E-state index is 11.2. The number of nitro benzene ring substituents is 1. The summed E-state index contributed by atoms with van der Waals surface area (Å²) >= 11 is 0. The second kappa shape index (κ2) is 5.16. The van der Waals surface area contributed by atoms with E-state index < -0.39 is 4.92 Å². The molecular weight excluding hydrogens is 304 g/mol. The number of aliphatic imine (C=N–C) groups is 1. The van der Waals surface area contributed by atoms with Crippen LogP contribution in [0.5, 0.6) is 23.0 Å². The van der Waals surface area contributed by atoms with Gasteiger partial charge in [0.1, 0.15) is 0 Å². The first kappa shape index (κ1) is 13.4. The standard InChI is InChI=1S/C15H10N2O6/c18-17(19)11-5-15-13(21-8-23-15)3-9(11)6-16-10-1-2-12-14(4-10)22-7-20-12/h1-6H,7-8H2. The Morgan fingerprint density at radius 2 is 1.61 bits per heavy atom. The van der Waals surface area contributed by atoms with Crippen molar-refractivity contribution >= 4 is 17.6 Å². The monoisotopic (exact) mass is 314 g/mol. The fourth-order valence-electron chi connectivity index (χ4n) is 2.32. The van der Waals surface area contributed by atoms with E-state index in [1.54, 1.807) is 18.2 Å². The van der Waals surface area contributed by atoms with Gasteiger partial charge in [0.2, 0.25) is 13.6 Å². The Kier molecular flexibility index (Phi) is 3.00. The molecule has 0 amide bonds. The molecule has 4 rings (SSSR count). The van der Waals surface area contributed by atoms with Crippen molar-refractivity contribution in [3.05, 3.63) is 46.0 Å². The van der Waals surface area contributed by atoms with Crippen LogP contribution in [0.15, 0.2) is 35.3 Å². The molecule has 2 aromatic rings. The molecule has 0 saturated carbocycles. The smallest absolute Gasteiger partial charge is 0.282 e. The van der Waals surface area contributed by atoms with Gasteiger partial charge in [-0.3, -0.25) is 15.1 Å². The maximum Gasteiger partial charge on any atom is 0.282 e. The highest BCUT2D eigenvalue weighted by atomic mass is 16.7. The van der Waals surface area contributed by atoms with Crippen LogP contribution in [0.1, 0.15) is 5.56 Å². The van der Waals surface area contributed by atoms with Gasteiger partial charge >= 0.3 is 0 Å². The Hall–Kier alpha value is -3.29. The Morgan fingerprint density at radius 3 is 2.35 bits per heavy atom. The van der Waals surface area contributed by atoms with E-state index in [1.165, 1.54) is 18.3 Å². The van der Waals surface area contributed by atoms with Crippen molar-refractivity contribution in [1.29, 1.82) is 0 Å². The van der Waals surface area contributed by atoms with E-state index in [4.69, 9.17) is 18.9 Å². The van der Waals surface area contributed by atoms with Crippen molar-refractivity contribution in [2.24, 2.45) is 4.99 Å². The predicted octanol–water partition coefficient (Wildman–Crippen LogP) is 2.80. The van der Waals surface area contributed by atoms with Crippen LogP contribution in [0.2, 0.25) is 0 Å². The van der Waals surface area contributed by atoms with Crippen LogP contribution in [-0.2, 0) is 0 Å². The predicted molar refractivity (Wildman–Crippen MR) is 79.0 cm³/mol. The molecule has 0 fully saturated rings. The molecule has 8 heteroatoms. The summed E-state index contributed by atoms with van der Waals surface area (Å²) in [6.07, 6.45) is 1.41. The van der Waals surface area contributed by atoms with Crippen molar-refractivity contribution in [1.82, 2.24) is 0 Å². The zero-order valence-corrected chi connectivity index (χ0v) is 11.7. The highest BCUT2D eigenvalue weighted by molar-refractivity contribution is 5.88. The first-order valence-electron chi connectivity index (χ1n) is 6.72. The Balaban J connectivity index is 1.69. The lowest BCUT2D eigenvalue weighted by Gasteiger charge is -2.01. The lowest BCUT2D eigenvalue weighted by Crippen LogP contribution is -1.94. The number of benzene rings is 2. The molecule has 8 nitrogen and oxygen atoms in total. The lowest BCUT2D eigenvalue weighted by atomic mass is 10.1. The highest BCUT2D eigenvalue weighted by Gasteiger charge is 2.22. The number of nitrogens with zero attached hydrogens (tertiary/aromatic N) is 2. The van der Waals surface area contributed by atoms with Crippen LogP contribution in [0.25, 0.3) is 0 Å². The number of fused-ring (bicyclic) bond motifs is 2. The molecule has 0 saturated heterocycles. The largest absolute Gasteiger partial charge is 0.454 e. The van der Waals surface area contributed by atoms with E-state index in [0.29, 0.717) is 34.2 Å². The number of hydrogen-bond acceptors (Lipinski definition) is 7. The second-order valence-corrected chi connectivity index (χ2v) is 4.82. The first-order valence-corrected chi connectivity index (χ1v) is 6.72. The minimum Gasteiger partial charge on any atom is -0.454 e. The Bertz CT molecular complexity index is 833. The van der Waals surface area contributed by atoms with Crippen LogP contribution >= 0.6 is 0 Å². The Morgan fingerprint density at radius 1 is 0.957 bits per heavy atom. The van der Waals surface area contributed by atoms with E-state index in [2.05, 4.69) is 4.99 Å². The average Bonchev–Trinajstić information content (AvgIpc) is 3.19. The van der Waals surface area contributed by atoms with Gasteiger partial charge in [-0.2, -0.15) is 0 Å². The van der Waals surface area contributed by atoms with Gasteiger partial charge in [-0.25, -0.2) is 0 Å². The molecule has 0 spiro atoms. The zero-order chi connectivity index (χ0) is 15.8. The summed E-state index contributed by atoms with van der Waals surface area (Å²) in [5.41, 5.74) is 0.830. The molecular formula is C15H10N2O6. The SMILES string of the molecule is O=[N+]([O-])c1cc2c(cc1C=Nc1ccc3c(c1)OCO3)OCO2. The van der Waals surface area contributed by atoms with Gasteiger partial charge in [0.15, 0.2) is 23.0 Å². The van der Waals surface area contributed by atoms with Crippen LogP contribution in [0.4, 0.5) is 11.4 Å². The summed E-state index contributed by atoms with van der Waals surface area (Å²) in [6.45, 7) is 0.228. The quantitative estimate of drug-likeness (QED) is 0.491. The Labute approximate surface area is 130 Å². The minimum absolute atomic E-state index is 0.0508. The summed E-state index contributed by atoms with van der Waals surface area (Å²) in [5, 5.41) is 11.2. The molecule has 0 bridgehead atoms. The summed E-state index contributed by atoms with van der Waals surface area (Å²) < 4.78 is 20.9. The first-order chi connectivity index (χ1) is 11.2. The van der Waals surface area contributed by atoms with E-state index >= 15 is 0 Å². The van der Waals surface area contributed by atoms with E-state index in [1.807, 2.05) is 0 Å². The number of hydrogen-bond donors (Lipinski definition) is 0. The van der Waals surface area contributed by atoms with Crippen LogP contribution in [0, 0.1) is 10.1 Å². The van der Waals surface area contributed by atoms with Crippen molar-refractivity contribution in [3.8, 4) is 23.0 Å². The molecule has 2 heterocycles. The fraction of sp³-hybridized carbons (Fsp3) is 0.133. The summed E-state index contributed by atoms with van der Waals surface area (Å²) in [7, 11) is 0. The summed E-state index contributed by atoms with van der Waals surface area (Å²) in [4.78, 5) is 15.0. The van der Waals surface area contributed by atoms with Gasteiger partial charge in [0.25, 0.3) is 5.69 Å². The van der Waals surface area contributed by atoms with Crippen LogP contribution in [-0.4, -0.2) is 24.7 Å². The minimum atomic E-state index is -0.483. The molecule has 116 valence electrons. The van der Waals surface area contributed by atoms with Gasteiger partial charge < -0.3 is 18.9 Å². The molecule has 0 N–H and O–H groups in total. The van der Waals surface area contributed by atoms with Crippen LogP contribution < -0.4 is 18.9 Å². The molecule has 2 aliphatic rings. The van der Waals surface area contributed by atoms with E-state index in [9.17, 15) is 10.1 Å². The highest BCUT2D eigenvalue weighted by Crippen LogP contribution is 2.38. The number of rotatable bonds is 3. The number of nitro groups is 1. The third-order valence-corrected chi connectivity index (χ3v) is 3.43. The topological polar surface area (TPSA) is 92.4 Å². The second-order valence-electron chi connectivity index (χ2n) is 4.82. The molecule has 0 atom stereocenters. The summed E-state index contributed by atoms with van der Waals surface area (Å²) in [6, 6.07) is 8.06. The van der Waals surface area contributed by atoms with Crippen molar-refractivity contribution < 1.29 is 23.9 Å². The zero-order valence-electron chi connectivity index (χ0n) is 11.7. The van der Waals surface area contributed by atoms with Gasteiger partial charge in [-0.15, -0.1) is 0 Å². The lowest BCUT2D eigenvalue weighted by molar-refractivity contribution is -0.385. The normalized spacial score (nSPS) is 14.4. The van der Waals surface area contributed by atoms with Crippen molar-refractivity contribution in [2.75, 3.05) is 13.6 Å². The van der Waals surface area contributed by atoms with Gasteiger partial charge in [0.05, 0.1) is 22.2 Å². The maximum absolute atomic E-state index is 11.2. The van der Waals surface area contributed by atoms with Crippen molar-refractivity contribution in [2.45, 2.75) is 0 Å². The molecule has 0 aliphatic carbocycles. The van der Waals surface area contributed by atoms with Gasteiger partial charge in [-0.1, -0.05) is 0 Å². The van der Waals surface area contributed by atoms with Crippen molar-refractivity contribution in [3.63, 3.8) is 0 Å². The average molecular weight is 314 g/mol. The third kappa shape index (κ3) is 2.39. The molecule has 2 aliphatic heterocycles. The van der Waals surface area contributed by atoms with Gasteiger partial charge in [0, 0.05) is 12.3 Å². The third-order valence-electron chi connectivity index (χ3n) is 3.43. The molecule has 2 aromatic carbocycles. The molecule has 0 unspecified atom stereocenters. The van der Waals surface area contributed by atoms with E-state index in [0.717, 1.165) is 0 Å². The molecule has 0 radical (unpaired) electrons. The molecule has 23 heavy (non-hydrogen) atoms. The molecule has 0 aromatic heterocycles. The van der Waals surface area contributed by atoms with E-state index in [-0.39, 0.29) is 19.3 Å². The van der Waals surface area contributed by atoms with Gasteiger partial charge in [-0.05, 0) is 18.2 Å². The van der Waals surface area contributed by atoms with Crippen LogP contribution in [0.3, 0.4) is 0 Å². The fourth-order valence-corrected chi connectivity index (χ4v) is 2.32. The number of ether oxygens (including phenoxy) is 4.